The van der Waals surface area contributed by atoms with Crippen LogP contribution < -0.4 is 5.73 Å². The van der Waals surface area contributed by atoms with E-state index in [0.29, 0.717) is 12.0 Å². The summed E-state index contributed by atoms with van der Waals surface area (Å²) in [5.41, 5.74) is 6.78. The number of hydrogen-bond donors (Lipinski definition) is 1. The van der Waals surface area contributed by atoms with E-state index in [9.17, 15) is 4.39 Å². The summed E-state index contributed by atoms with van der Waals surface area (Å²) in [6, 6.07) is 2.12. The van der Waals surface area contributed by atoms with Gasteiger partial charge < -0.3 is 5.73 Å². The summed E-state index contributed by atoms with van der Waals surface area (Å²) in [6.45, 7) is 4.64. The number of nitrogens with two attached hydrogens (primary N) is 1. The molecule has 0 bridgehead atoms. The van der Waals surface area contributed by atoms with Gasteiger partial charge in [-0.2, -0.15) is 0 Å². The summed E-state index contributed by atoms with van der Waals surface area (Å²) in [5, 5.41) is 0. The van der Waals surface area contributed by atoms with Gasteiger partial charge in [-0.1, -0.05) is 13.3 Å². The van der Waals surface area contributed by atoms with E-state index < -0.39 is 0 Å². The molecule has 1 fully saturated rings. The van der Waals surface area contributed by atoms with Crippen LogP contribution in [0.1, 0.15) is 31.7 Å². The molecule has 1 heterocycles. The van der Waals surface area contributed by atoms with Crippen LogP contribution in [0.4, 0.5) is 4.39 Å². The summed E-state index contributed by atoms with van der Waals surface area (Å²) in [6.07, 6.45) is 6.68. The first-order valence-corrected chi connectivity index (χ1v) is 6.78. The zero-order chi connectivity index (χ0) is 13.0. The summed E-state index contributed by atoms with van der Waals surface area (Å²) in [4.78, 5) is 6.31. The minimum atomic E-state index is -0.259. The molecule has 1 aliphatic carbocycles. The molecule has 18 heavy (non-hydrogen) atoms. The van der Waals surface area contributed by atoms with Crippen molar-refractivity contribution in [3.8, 4) is 0 Å². The number of halogens is 1. The fourth-order valence-electron chi connectivity index (χ4n) is 3.01. The van der Waals surface area contributed by atoms with Crippen LogP contribution in [0.5, 0.6) is 0 Å². The fraction of sp³-hybridized carbons (Fsp3) is 0.643. The van der Waals surface area contributed by atoms with Gasteiger partial charge in [-0.05, 0) is 43.5 Å². The van der Waals surface area contributed by atoms with E-state index in [4.69, 9.17) is 5.73 Å². The molecule has 0 spiro atoms. The normalized spacial score (nSPS) is 23.8. The fourth-order valence-corrected chi connectivity index (χ4v) is 3.01. The lowest BCUT2D eigenvalue weighted by atomic mass is 10.0. The highest BCUT2D eigenvalue weighted by atomic mass is 19.1. The third kappa shape index (κ3) is 3.06. The van der Waals surface area contributed by atoms with Gasteiger partial charge in [-0.15, -0.1) is 0 Å². The van der Waals surface area contributed by atoms with Gasteiger partial charge >= 0.3 is 0 Å². The van der Waals surface area contributed by atoms with Crippen LogP contribution >= 0.6 is 0 Å². The molecular formula is C14H22FN3. The van der Waals surface area contributed by atoms with E-state index >= 15 is 0 Å². The second kappa shape index (κ2) is 6.25. The van der Waals surface area contributed by atoms with E-state index in [0.717, 1.165) is 25.2 Å². The highest BCUT2D eigenvalue weighted by Gasteiger charge is 2.30. The molecule has 1 aromatic heterocycles. The predicted molar refractivity (Wildman–Crippen MR) is 70.5 cm³/mol. The molecule has 3 nitrogen and oxygen atoms in total. The lowest BCUT2D eigenvalue weighted by molar-refractivity contribution is 0.162. The Labute approximate surface area is 108 Å². The molecule has 0 aromatic carbocycles. The Morgan fingerprint density at radius 3 is 2.94 bits per heavy atom. The average Bonchev–Trinajstić information content (AvgIpc) is 2.84. The molecule has 1 saturated carbocycles. The van der Waals surface area contributed by atoms with Gasteiger partial charge in [-0.25, -0.2) is 4.39 Å². The Kier molecular flexibility index (Phi) is 4.66. The first-order chi connectivity index (χ1) is 8.74. The maximum atomic E-state index is 13.1. The molecule has 0 amide bonds. The van der Waals surface area contributed by atoms with Crippen LogP contribution in [-0.4, -0.2) is 29.0 Å². The molecular weight excluding hydrogens is 229 g/mol. The van der Waals surface area contributed by atoms with Crippen LogP contribution in [0.2, 0.25) is 0 Å². The van der Waals surface area contributed by atoms with Crippen LogP contribution in [0.15, 0.2) is 18.5 Å². The third-order valence-corrected chi connectivity index (χ3v) is 3.94. The lowest BCUT2D eigenvalue weighted by Gasteiger charge is -2.31. The van der Waals surface area contributed by atoms with Crippen molar-refractivity contribution < 1.29 is 4.39 Å². The molecule has 2 rings (SSSR count). The Morgan fingerprint density at radius 1 is 1.44 bits per heavy atom. The van der Waals surface area contributed by atoms with Crippen LogP contribution in [0.3, 0.4) is 0 Å². The van der Waals surface area contributed by atoms with Crippen molar-refractivity contribution in [1.82, 2.24) is 9.88 Å². The van der Waals surface area contributed by atoms with Crippen molar-refractivity contribution in [2.45, 2.75) is 38.8 Å². The standard InChI is InChI=1S/C14H22FN3/c1-2-18(14-5-3-4-12(14)7-16)10-11-6-13(15)9-17-8-11/h6,8-9,12,14H,2-5,7,10,16H2,1H3. The zero-order valence-corrected chi connectivity index (χ0v) is 11.0. The van der Waals surface area contributed by atoms with E-state index in [-0.39, 0.29) is 5.82 Å². The lowest BCUT2D eigenvalue weighted by Crippen LogP contribution is -2.39. The second-order valence-corrected chi connectivity index (χ2v) is 5.07. The maximum absolute atomic E-state index is 13.1. The quantitative estimate of drug-likeness (QED) is 0.872. The number of nitrogens with zero attached hydrogens (tertiary/aromatic N) is 2. The first kappa shape index (κ1) is 13.4. The molecule has 100 valence electrons. The zero-order valence-electron chi connectivity index (χ0n) is 11.0. The Balaban J connectivity index is 2.05. The SMILES string of the molecule is CCN(Cc1cncc(F)c1)C1CCCC1CN. The van der Waals surface area contributed by atoms with Gasteiger partial charge in [-0.3, -0.25) is 9.88 Å². The molecule has 1 aliphatic rings. The van der Waals surface area contributed by atoms with Gasteiger partial charge in [0.1, 0.15) is 5.82 Å². The molecule has 2 N–H and O–H groups in total. The second-order valence-electron chi connectivity index (χ2n) is 5.07. The van der Waals surface area contributed by atoms with Crippen molar-refractivity contribution >= 4 is 0 Å². The molecule has 0 radical (unpaired) electrons. The summed E-state index contributed by atoms with van der Waals surface area (Å²) in [5.74, 6) is 0.330. The highest BCUT2D eigenvalue weighted by Crippen LogP contribution is 2.30. The first-order valence-electron chi connectivity index (χ1n) is 6.78. The van der Waals surface area contributed by atoms with Crippen LogP contribution in [0.25, 0.3) is 0 Å². The van der Waals surface area contributed by atoms with Gasteiger partial charge in [0.05, 0.1) is 6.20 Å². The summed E-state index contributed by atoms with van der Waals surface area (Å²) in [7, 11) is 0. The minimum absolute atomic E-state index is 0.259. The van der Waals surface area contributed by atoms with E-state index in [1.165, 1.54) is 25.5 Å². The molecule has 2 atom stereocenters. The van der Waals surface area contributed by atoms with Crippen LogP contribution in [-0.2, 0) is 6.54 Å². The largest absolute Gasteiger partial charge is 0.330 e. The van der Waals surface area contributed by atoms with Gasteiger partial charge in [0.15, 0.2) is 0 Å². The van der Waals surface area contributed by atoms with Crippen molar-refractivity contribution in [1.29, 1.82) is 0 Å². The minimum Gasteiger partial charge on any atom is -0.330 e. The number of rotatable bonds is 5. The third-order valence-electron chi connectivity index (χ3n) is 3.94. The highest BCUT2D eigenvalue weighted by molar-refractivity contribution is 5.10. The van der Waals surface area contributed by atoms with Gasteiger partial charge in [0.25, 0.3) is 0 Å². The Morgan fingerprint density at radius 2 is 2.28 bits per heavy atom. The number of hydrogen-bond acceptors (Lipinski definition) is 3. The number of aromatic nitrogens is 1. The summed E-state index contributed by atoms with van der Waals surface area (Å²) < 4.78 is 13.1. The van der Waals surface area contributed by atoms with E-state index in [1.807, 2.05) is 0 Å². The Hall–Kier alpha value is -1.00. The molecule has 2 unspecified atom stereocenters. The predicted octanol–water partition coefficient (Wildman–Crippen LogP) is 2.17. The van der Waals surface area contributed by atoms with Crippen LogP contribution in [0, 0.1) is 11.7 Å². The van der Waals surface area contributed by atoms with Crippen molar-refractivity contribution in [2.24, 2.45) is 11.7 Å². The molecule has 4 heteroatoms. The van der Waals surface area contributed by atoms with Crippen molar-refractivity contribution in [2.75, 3.05) is 13.1 Å². The topological polar surface area (TPSA) is 42.2 Å². The van der Waals surface area contributed by atoms with E-state index in [1.54, 1.807) is 12.3 Å². The summed E-state index contributed by atoms with van der Waals surface area (Å²) >= 11 is 0. The monoisotopic (exact) mass is 251 g/mol. The van der Waals surface area contributed by atoms with Crippen molar-refractivity contribution in [3.05, 3.63) is 29.8 Å². The van der Waals surface area contributed by atoms with E-state index in [2.05, 4.69) is 16.8 Å². The van der Waals surface area contributed by atoms with Gasteiger partial charge in [0.2, 0.25) is 0 Å². The maximum Gasteiger partial charge on any atom is 0.141 e. The molecule has 1 aromatic rings. The molecule has 0 saturated heterocycles. The van der Waals surface area contributed by atoms with Crippen molar-refractivity contribution in [3.63, 3.8) is 0 Å². The Bertz CT molecular complexity index is 383. The number of pyridine rings is 1. The smallest absolute Gasteiger partial charge is 0.141 e. The average molecular weight is 251 g/mol. The van der Waals surface area contributed by atoms with Gasteiger partial charge in [0, 0.05) is 18.8 Å². The molecule has 0 aliphatic heterocycles.